The summed E-state index contributed by atoms with van der Waals surface area (Å²) in [6.07, 6.45) is 5.66. The molecular weight excluding hydrogens is 404 g/mol. The maximum absolute atomic E-state index is 11.8. The zero-order chi connectivity index (χ0) is 22.2. The third-order valence-corrected chi connectivity index (χ3v) is 5.64. The molecule has 0 saturated carbocycles. The zero-order valence-corrected chi connectivity index (χ0v) is 18.4. The van der Waals surface area contributed by atoms with Gasteiger partial charge in [-0.05, 0) is 60.4 Å². The third kappa shape index (κ3) is 5.79. The molecule has 1 saturated heterocycles. The number of benzene rings is 2. The first-order chi connectivity index (χ1) is 15.7. The van der Waals surface area contributed by atoms with Gasteiger partial charge in [-0.1, -0.05) is 24.3 Å². The minimum Gasteiger partial charge on any atom is -0.489 e. The smallest absolute Gasteiger partial charge is 0.312 e. The molecule has 5 nitrogen and oxygen atoms in total. The lowest BCUT2D eigenvalue weighted by Gasteiger charge is -2.30. The standard InChI is InChI=1S/C27H28O5/c1-2-3-4-8-26(28)32-25-11-9-24(10-12-25)29-20-21-6-5-7-23(19-21)22-13-15-27(16-14-22)30-17-18-31-27/h5-7,9-13,19H,4,8,14-18,20H2,1H3. The molecular formula is C27H28O5. The highest BCUT2D eigenvalue weighted by Crippen LogP contribution is 2.38. The van der Waals surface area contributed by atoms with Gasteiger partial charge in [0, 0.05) is 19.3 Å². The van der Waals surface area contributed by atoms with Crippen LogP contribution < -0.4 is 9.47 Å². The molecule has 0 bridgehead atoms. The van der Waals surface area contributed by atoms with Gasteiger partial charge in [-0.25, -0.2) is 0 Å². The molecule has 0 N–H and O–H groups in total. The molecule has 1 heterocycles. The first-order valence-electron chi connectivity index (χ1n) is 11.1. The van der Waals surface area contributed by atoms with Crippen molar-refractivity contribution in [1.29, 1.82) is 0 Å². The topological polar surface area (TPSA) is 54.0 Å². The molecule has 2 aliphatic rings. The van der Waals surface area contributed by atoms with E-state index in [0.29, 0.717) is 32.0 Å². The van der Waals surface area contributed by atoms with E-state index in [4.69, 9.17) is 18.9 Å². The number of allylic oxidation sites excluding steroid dienone is 1. The molecule has 0 radical (unpaired) electrons. The van der Waals surface area contributed by atoms with Crippen molar-refractivity contribution in [3.63, 3.8) is 0 Å². The van der Waals surface area contributed by atoms with Gasteiger partial charge in [-0.2, -0.15) is 0 Å². The van der Waals surface area contributed by atoms with E-state index < -0.39 is 5.79 Å². The molecule has 0 unspecified atom stereocenters. The van der Waals surface area contributed by atoms with Crippen LogP contribution in [0.3, 0.4) is 0 Å². The van der Waals surface area contributed by atoms with Crippen LogP contribution in [0.5, 0.6) is 11.5 Å². The summed E-state index contributed by atoms with van der Waals surface area (Å²) in [6.45, 7) is 3.59. The Morgan fingerprint density at radius 1 is 1.09 bits per heavy atom. The van der Waals surface area contributed by atoms with Gasteiger partial charge in [0.15, 0.2) is 5.79 Å². The van der Waals surface area contributed by atoms with Crippen molar-refractivity contribution >= 4 is 11.5 Å². The van der Waals surface area contributed by atoms with Crippen molar-refractivity contribution < 1.29 is 23.7 Å². The molecule has 1 aliphatic carbocycles. The highest BCUT2D eigenvalue weighted by atomic mass is 16.7. The summed E-state index contributed by atoms with van der Waals surface area (Å²) < 4.78 is 22.9. The van der Waals surface area contributed by atoms with E-state index in [9.17, 15) is 4.79 Å². The van der Waals surface area contributed by atoms with E-state index in [1.54, 1.807) is 19.1 Å². The summed E-state index contributed by atoms with van der Waals surface area (Å²) in [5, 5.41) is 0. The van der Waals surface area contributed by atoms with Gasteiger partial charge < -0.3 is 18.9 Å². The Morgan fingerprint density at radius 3 is 2.59 bits per heavy atom. The Balaban J connectivity index is 1.30. The molecule has 1 fully saturated rings. The summed E-state index contributed by atoms with van der Waals surface area (Å²) in [4.78, 5) is 11.8. The predicted octanol–water partition coefficient (Wildman–Crippen LogP) is 5.28. The van der Waals surface area contributed by atoms with Crippen molar-refractivity contribution in [2.45, 2.75) is 51.4 Å². The summed E-state index contributed by atoms with van der Waals surface area (Å²) in [7, 11) is 0. The number of carbonyl (C=O) groups excluding carboxylic acids is 1. The molecule has 0 aromatic heterocycles. The normalized spacial score (nSPS) is 16.7. The Labute approximate surface area is 189 Å². The molecule has 2 aromatic rings. The first kappa shape index (κ1) is 22.1. The van der Waals surface area contributed by atoms with Gasteiger partial charge in [0.2, 0.25) is 0 Å². The summed E-state index contributed by atoms with van der Waals surface area (Å²) >= 11 is 0. The highest BCUT2D eigenvalue weighted by molar-refractivity contribution is 5.72. The Hall–Kier alpha value is -3.07. The van der Waals surface area contributed by atoms with E-state index in [1.807, 2.05) is 12.1 Å². The fraction of sp³-hybridized carbons (Fsp3) is 0.370. The lowest BCUT2D eigenvalue weighted by Crippen LogP contribution is -2.31. The highest BCUT2D eigenvalue weighted by Gasteiger charge is 2.37. The van der Waals surface area contributed by atoms with Crippen LogP contribution in [-0.2, 0) is 20.9 Å². The SMILES string of the molecule is CC#CCCC(=O)Oc1ccc(OCc2cccc(C3=CCC4(CC3)OCCO4)c2)cc1. The predicted molar refractivity (Wildman–Crippen MR) is 122 cm³/mol. The Bertz CT molecular complexity index is 1020. The van der Waals surface area contributed by atoms with Gasteiger partial charge in [0.25, 0.3) is 0 Å². The van der Waals surface area contributed by atoms with Crippen LogP contribution >= 0.6 is 0 Å². The number of carbonyl (C=O) groups is 1. The van der Waals surface area contributed by atoms with Crippen LogP contribution in [0, 0.1) is 11.8 Å². The second-order valence-electron chi connectivity index (χ2n) is 7.90. The summed E-state index contributed by atoms with van der Waals surface area (Å²) in [5.74, 6) is 6.17. The van der Waals surface area contributed by atoms with Gasteiger partial charge in [0.05, 0.1) is 19.6 Å². The van der Waals surface area contributed by atoms with Gasteiger partial charge >= 0.3 is 5.97 Å². The van der Waals surface area contributed by atoms with Crippen molar-refractivity contribution in [3.8, 4) is 23.3 Å². The largest absolute Gasteiger partial charge is 0.489 e. The minimum absolute atomic E-state index is 0.285. The second kappa shape index (κ2) is 10.5. The van der Waals surface area contributed by atoms with Gasteiger partial charge in [-0.15, -0.1) is 11.8 Å². The fourth-order valence-electron chi connectivity index (χ4n) is 3.93. The van der Waals surface area contributed by atoms with Gasteiger partial charge in [-0.3, -0.25) is 4.79 Å². The van der Waals surface area contributed by atoms with E-state index in [1.165, 1.54) is 11.1 Å². The van der Waals surface area contributed by atoms with E-state index in [0.717, 1.165) is 30.6 Å². The van der Waals surface area contributed by atoms with Crippen LogP contribution in [0.2, 0.25) is 0 Å². The first-order valence-corrected chi connectivity index (χ1v) is 11.1. The molecule has 166 valence electrons. The maximum atomic E-state index is 11.8. The zero-order valence-electron chi connectivity index (χ0n) is 18.4. The lowest BCUT2D eigenvalue weighted by molar-refractivity contribution is -0.159. The molecule has 32 heavy (non-hydrogen) atoms. The molecule has 4 rings (SSSR count). The maximum Gasteiger partial charge on any atom is 0.312 e. The van der Waals surface area contributed by atoms with Crippen molar-refractivity contribution in [2.24, 2.45) is 0 Å². The van der Waals surface area contributed by atoms with E-state index in [2.05, 4.69) is 42.2 Å². The number of esters is 1. The third-order valence-electron chi connectivity index (χ3n) is 5.64. The molecule has 0 atom stereocenters. The average Bonchev–Trinajstić information content (AvgIpc) is 3.27. The van der Waals surface area contributed by atoms with Gasteiger partial charge in [0.1, 0.15) is 18.1 Å². The summed E-state index contributed by atoms with van der Waals surface area (Å²) in [5.41, 5.74) is 3.64. The van der Waals surface area contributed by atoms with Crippen molar-refractivity contribution in [2.75, 3.05) is 13.2 Å². The number of rotatable bonds is 7. The van der Waals surface area contributed by atoms with Crippen LogP contribution in [-0.4, -0.2) is 25.0 Å². The summed E-state index contributed by atoms with van der Waals surface area (Å²) in [6, 6.07) is 15.5. The Morgan fingerprint density at radius 2 is 1.88 bits per heavy atom. The van der Waals surface area contributed by atoms with Crippen LogP contribution in [0.15, 0.2) is 54.6 Å². The molecule has 0 amide bonds. The van der Waals surface area contributed by atoms with Crippen LogP contribution in [0.1, 0.15) is 50.2 Å². The molecule has 1 aliphatic heterocycles. The average molecular weight is 433 g/mol. The number of ether oxygens (including phenoxy) is 4. The monoisotopic (exact) mass is 432 g/mol. The second-order valence-corrected chi connectivity index (χ2v) is 7.90. The van der Waals surface area contributed by atoms with Crippen molar-refractivity contribution in [3.05, 3.63) is 65.7 Å². The lowest BCUT2D eigenvalue weighted by atomic mass is 9.89. The van der Waals surface area contributed by atoms with Crippen LogP contribution in [0.4, 0.5) is 0 Å². The number of hydrogen-bond acceptors (Lipinski definition) is 5. The van der Waals surface area contributed by atoms with E-state index in [-0.39, 0.29) is 12.4 Å². The minimum atomic E-state index is -0.395. The Kier molecular flexibility index (Phi) is 7.26. The molecule has 2 aromatic carbocycles. The number of hydrogen-bond donors (Lipinski definition) is 0. The quantitative estimate of drug-likeness (QED) is 0.338. The van der Waals surface area contributed by atoms with Crippen LogP contribution in [0.25, 0.3) is 5.57 Å². The van der Waals surface area contributed by atoms with E-state index >= 15 is 0 Å². The fourth-order valence-corrected chi connectivity index (χ4v) is 3.93. The molecule has 1 spiro atoms. The van der Waals surface area contributed by atoms with Crippen molar-refractivity contribution in [1.82, 2.24) is 0 Å². The molecule has 5 heteroatoms.